The fraction of sp³-hybridized carbons (Fsp3) is 0.600. The van der Waals surface area contributed by atoms with Gasteiger partial charge in [0.25, 0.3) is 0 Å². The van der Waals surface area contributed by atoms with Gasteiger partial charge in [-0.05, 0) is 75.9 Å². The molecule has 0 spiro atoms. The molecule has 2 N–H and O–H groups in total. The molecule has 0 saturated carbocycles. The molecule has 1 aromatic carbocycles. The molecular weight excluding hydrogens is 389 g/mol. The molecule has 0 atom stereocenters. The molecule has 5 rings (SSSR count). The lowest BCUT2D eigenvalue weighted by atomic mass is 9.92. The highest BCUT2D eigenvalue weighted by Gasteiger charge is 2.35. The van der Waals surface area contributed by atoms with Gasteiger partial charge in [0.1, 0.15) is 5.67 Å². The lowest BCUT2D eigenvalue weighted by Gasteiger charge is -2.39. The van der Waals surface area contributed by atoms with E-state index in [-0.39, 0.29) is 0 Å². The van der Waals surface area contributed by atoms with Crippen molar-refractivity contribution in [3.05, 3.63) is 41.7 Å². The van der Waals surface area contributed by atoms with Crippen LogP contribution in [0.2, 0.25) is 0 Å². The second-order valence-electron chi connectivity index (χ2n) is 9.70. The van der Waals surface area contributed by atoms with Crippen molar-refractivity contribution in [1.82, 2.24) is 20.1 Å². The van der Waals surface area contributed by atoms with Gasteiger partial charge in [-0.2, -0.15) is 0 Å². The number of aryl methyl sites for hydroxylation is 2. The quantitative estimate of drug-likeness (QED) is 0.780. The van der Waals surface area contributed by atoms with Gasteiger partial charge >= 0.3 is 0 Å². The van der Waals surface area contributed by atoms with Crippen molar-refractivity contribution in [2.75, 3.05) is 50.8 Å². The van der Waals surface area contributed by atoms with Gasteiger partial charge in [-0.3, -0.25) is 5.32 Å². The highest BCUT2D eigenvalue weighted by molar-refractivity contribution is 5.91. The minimum Gasteiger partial charge on any atom is -0.344 e. The molecule has 1 aromatic heterocycles. The van der Waals surface area contributed by atoms with Gasteiger partial charge in [0.15, 0.2) is 0 Å². The van der Waals surface area contributed by atoms with Gasteiger partial charge in [0.05, 0.1) is 6.67 Å². The van der Waals surface area contributed by atoms with E-state index in [1.165, 1.54) is 27.7 Å². The predicted octanol–water partition coefficient (Wildman–Crippen LogP) is 3.87. The first-order valence-electron chi connectivity index (χ1n) is 11.9. The Bertz CT molecular complexity index is 950. The molecule has 5 nitrogen and oxygen atoms in total. The Kier molecular flexibility index (Phi) is 5.80. The van der Waals surface area contributed by atoms with Crippen molar-refractivity contribution in [2.45, 2.75) is 51.2 Å². The zero-order valence-electron chi connectivity index (χ0n) is 19.0. The summed E-state index contributed by atoms with van der Waals surface area (Å²) in [7, 11) is 0. The van der Waals surface area contributed by atoms with E-state index in [4.69, 9.17) is 0 Å². The molecule has 0 amide bonds. The molecule has 2 fully saturated rings. The average molecular weight is 426 g/mol. The molecule has 2 saturated heterocycles. The van der Waals surface area contributed by atoms with Crippen LogP contribution in [-0.4, -0.2) is 61.1 Å². The average Bonchev–Trinajstić information content (AvgIpc) is 3.12. The first kappa shape index (κ1) is 21.0. The van der Waals surface area contributed by atoms with Crippen molar-refractivity contribution >= 4 is 16.6 Å². The summed E-state index contributed by atoms with van der Waals surface area (Å²) in [6.07, 6.45) is 10.2. The Morgan fingerprint density at radius 2 is 1.87 bits per heavy atom. The van der Waals surface area contributed by atoms with E-state index in [9.17, 15) is 0 Å². The molecule has 0 unspecified atom stereocenters. The van der Waals surface area contributed by atoms with Crippen LogP contribution in [0.4, 0.5) is 10.1 Å². The molecule has 168 valence electrons. The zero-order valence-corrected chi connectivity index (χ0v) is 19.0. The van der Waals surface area contributed by atoms with Crippen LogP contribution in [-0.2, 0) is 0 Å². The number of alkyl halides is 1. The molecule has 6 heteroatoms. The van der Waals surface area contributed by atoms with E-state index in [0.717, 1.165) is 52.2 Å². The van der Waals surface area contributed by atoms with E-state index in [1.54, 1.807) is 0 Å². The van der Waals surface area contributed by atoms with E-state index >= 15 is 4.39 Å². The molecule has 2 aromatic rings. The summed E-state index contributed by atoms with van der Waals surface area (Å²) in [5.41, 5.74) is 4.32. The number of hydrogen-bond acceptors (Lipinski definition) is 4. The van der Waals surface area contributed by atoms with Crippen LogP contribution in [0.1, 0.15) is 42.9 Å². The first-order chi connectivity index (χ1) is 15.0. The van der Waals surface area contributed by atoms with Crippen molar-refractivity contribution in [3.63, 3.8) is 0 Å². The number of aromatic nitrogens is 1. The minimum atomic E-state index is -1.000. The molecule has 3 aliphatic heterocycles. The molecule has 3 aliphatic rings. The van der Waals surface area contributed by atoms with Crippen LogP contribution < -0.4 is 15.5 Å². The summed E-state index contributed by atoms with van der Waals surface area (Å²) >= 11 is 0. The number of halogens is 1. The van der Waals surface area contributed by atoms with Gasteiger partial charge in [0, 0.05) is 61.2 Å². The number of piperidine rings is 2. The second kappa shape index (κ2) is 8.57. The molecule has 0 bridgehead atoms. The third kappa shape index (κ3) is 4.13. The summed E-state index contributed by atoms with van der Waals surface area (Å²) in [6, 6.07) is 5.06. The third-order valence-electron chi connectivity index (χ3n) is 7.52. The summed E-state index contributed by atoms with van der Waals surface area (Å²) in [5.74, 6) is 0. The van der Waals surface area contributed by atoms with Crippen molar-refractivity contribution < 1.29 is 4.39 Å². The van der Waals surface area contributed by atoms with Crippen LogP contribution in [0.5, 0.6) is 0 Å². The van der Waals surface area contributed by atoms with E-state index in [1.807, 2.05) is 0 Å². The molecule has 0 aliphatic carbocycles. The molecule has 4 heterocycles. The zero-order chi connectivity index (χ0) is 21.4. The predicted molar refractivity (Wildman–Crippen MR) is 127 cm³/mol. The Hall–Kier alpha value is -1.89. The van der Waals surface area contributed by atoms with Crippen LogP contribution in [0.3, 0.4) is 0 Å². The number of nitrogens with one attached hydrogen (secondary N) is 2. The molecule has 0 radical (unpaired) electrons. The monoisotopic (exact) mass is 425 g/mol. The largest absolute Gasteiger partial charge is 0.344 e. The lowest BCUT2D eigenvalue weighted by molar-refractivity contribution is 0.0472. The summed E-state index contributed by atoms with van der Waals surface area (Å²) in [6.45, 7) is 10.5. The van der Waals surface area contributed by atoms with Crippen LogP contribution in [0.15, 0.2) is 30.6 Å². The topological polar surface area (TPSA) is 35.5 Å². The Labute approximate surface area is 185 Å². The van der Waals surface area contributed by atoms with Gasteiger partial charge in [0.2, 0.25) is 0 Å². The molecular formula is C25H36FN5. The van der Waals surface area contributed by atoms with Crippen LogP contribution in [0, 0.1) is 13.8 Å². The summed E-state index contributed by atoms with van der Waals surface area (Å²) in [4.78, 5) is 4.65. The van der Waals surface area contributed by atoms with Crippen LogP contribution in [0.25, 0.3) is 10.9 Å². The maximum absolute atomic E-state index is 15.1. The summed E-state index contributed by atoms with van der Waals surface area (Å²) < 4.78 is 17.6. The second-order valence-corrected chi connectivity index (χ2v) is 9.70. The number of fused-ring (bicyclic) bond motifs is 1. The fourth-order valence-electron chi connectivity index (χ4n) is 5.81. The maximum Gasteiger partial charge on any atom is 0.126 e. The number of benzene rings is 1. The first-order valence-corrected chi connectivity index (χ1v) is 11.9. The minimum absolute atomic E-state index is 0.498. The Morgan fingerprint density at radius 3 is 2.58 bits per heavy atom. The van der Waals surface area contributed by atoms with Gasteiger partial charge in [-0.25, -0.2) is 4.39 Å². The number of rotatable bonds is 4. The smallest absolute Gasteiger partial charge is 0.126 e. The van der Waals surface area contributed by atoms with Crippen molar-refractivity contribution in [3.8, 4) is 0 Å². The van der Waals surface area contributed by atoms with Gasteiger partial charge in [-0.15, -0.1) is 0 Å². The highest BCUT2D eigenvalue weighted by atomic mass is 19.1. The van der Waals surface area contributed by atoms with Gasteiger partial charge < -0.3 is 19.7 Å². The van der Waals surface area contributed by atoms with Gasteiger partial charge in [-0.1, -0.05) is 6.08 Å². The van der Waals surface area contributed by atoms with E-state index in [0.29, 0.717) is 25.4 Å². The van der Waals surface area contributed by atoms with Crippen molar-refractivity contribution in [1.29, 1.82) is 0 Å². The van der Waals surface area contributed by atoms with Crippen molar-refractivity contribution in [2.24, 2.45) is 0 Å². The SMILES string of the molecule is Cc1cn(C2CCN(CC3(F)CCNCC3)CC2)c2ccc(N3C=CCNC3)c(C)c12. The standard InChI is InChI=1S/C25H36FN5/c1-19-16-31(21-6-14-29(15-7-21)17-25(26)8-11-27-12-9-25)23-5-4-22(20(2)24(19)23)30-13-3-10-28-18-30/h3-5,13,16,21,27-28H,6-12,14-15,17-18H2,1-2H3. The van der Waals surface area contributed by atoms with E-state index in [2.05, 4.69) is 69.5 Å². The number of likely N-dealkylation sites (tertiary alicyclic amines) is 1. The summed E-state index contributed by atoms with van der Waals surface area (Å²) in [5, 5.41) is 8.08. The Balaban J connectivity index is 1.32. The lowest BCUT2D eigenvalue weighted by Crippen LogP contribution is -2.48. The maximum atomic E-state index is 15.1. The number of nitrogens with zero attached hydrogens (tertiary/aromatic N) is 3. The number of anilines is 1. The highest BCUT2D eigenvalue weighted by Crippen LogP contribution is 2.36. The Morgan fingerprint density at radius 1 is 1.10 bits per heavy atom. The number of hydrogen-bond donors (Lipinski definition) is 2. The molecule has 31 heavy (non-hydrogen) atoms. The normalized spacial score (nSPS) is 23.0. The third-order valence-corrected chi connectivity index (χ3v) is 7.52. The van der Waals surface area contributed by atoms with E-state index < -0.39 is 5.67 Å². The fourth-order valence-corrected chi connectivity index (χ4v) is 5.81. The van der Waals surface area contributed by atoms with Crippen LogP contribution >= 0.6 is 0 Å².